The predicted molar refractivity (Wildman–Crippen MR) is 65.9 cm³/mol. The Morgan fingerprint density at radius 2 is 1.94 bits per heavy atom. The molecule has 0 amide bonds. The fourth-order valence-corrected chi connectivity index (χ4v) is 1.74. The van der Waals surface area contributed by atoms with Crippen molar-refractivity contribution in [2.24, 2.45) is 0 Å². The van der Waals surface area contributed by atoms with Crippen LogP contribution in [0.2, 0.25) is 0 Å². The van der Waals surface area contributed by atoms with Crippen LogP contribution in [0, 0.1) is 10.1 Å². The predicted octanol–water partition coefficient (Wildman–Crippen LogP) is 2.77. The van der Waals surface area contributed by atoms with Crippen molar-refractivity contribution < 1.29 is 4.92 Å². The van der Waals surface area contributed by atoms with Gasteiger partial charge in [-0.2, -0.15) is 0 Å². The molecule has 0 saturated carbocycles. The SMILES string of the molecule is CSc1cc(-c2ccc([N+](=O)[O-])cc2)ncn1. The highest BCUT2D eigenvalue weighted by atomic mass is 32.2. The van der Waals surface area contributed by atoms with Crippen molar-refractivity contribution in [3.05, 3.63) is 46.8 Å². The summed E-state index contributed by atoms with van der Waals surface area (Å²) in [7, 11) is 0. The number of non-ortho nitro benzene ring substituents is 1. The molecule has 0 N–H and O–H groups in total. The summed E-state index contributed by atoms with van der Waals surface area (Å²) >= 11 is 1.53. The number of rotatable bonds is 3. The lowest BCUT2D eigenvalue weighted by molar-refractivity contribution is -0.384. The average Bonchev–Trinajstić information content (AvgIpc) is 2.39. The molecule has 1 aromatic heterocycles. The Labute approximate surface area is 102 Å². The van der Waals surface area contributed by atoms with Gasteiger partial charge in [-0.1, -0.05) is 0 Å². The van der Waals surface area contributed by atoms with E-state index in [0.29, 0.717) is 0 Å². The van der Waals surface area contributed by atoms with Crippen LogP contribution in [0.4, 0.5) is 5.69 Å². The molecule has 2 rings (SSSR count). The summed E-state index contributed by atoms with van der Waals surface area (Å²) in [5, 5.41) is 11.4. The summed E-state index contributed by atoms with van der Waals surface area (Å²) in [6.45, 7) is 0. The maximum Gasteiger partial charge on any atom is 0.269 e. The highest BCUT2D eigenvalue weighted by Gasteiger charge is 2.06. The molecule has 17 heavy (non-hydrogen) atoms. The van der Waals surface area contributed by atoms with Crippen molar-refractivity contribution in [1.82, 2.24) is 9.97 Å². The van der Waals surface area contributed by atoms with Gasteiger partial charge < -0.3 is 0 Å². The van der Waals surface area contributed by atoms with Gasteiger partial charge in [-0.3, -0.25) is 10.1 Å². The Bertz CT molecular complexity index is 543. The van der Waals surface area contributed by atoms with E-state index in [1.807, 2.05) is 12.3 Å². The molecule has 0 radical (unpaired) electrons. The van der Waals surface area contributed by atoms with Gasteiger partial charge in [-0.15, -0.1) is 11.8 Å². The quantitative estimate of drug-likeness (QED) is 0.361. The standard InChI is InChI=1S/C11H9N3O2S/c1-17-11-6-10(12-7-13-11)8-2-4-9(5-3-8)14(15)16/h2-7H,1H3. The topological polar surface area (TPSA) is 68.9 Å². The van der Waals surface area contributed by atoms with Crippen LogP contribution in [-0.4, -0.2) is 21.1 Å². The summed E-state index contributed by atoms with van der Waals surface area (Å²) in [6.07, 6.45) is 3.42. The number of nitrogens with zero attached hydrogens (tertiary/aromatic N) is 3. The van der Waals surface area contributed by atoms with Crippen LogP contribution >= 0.6 is 11.8 Å². The van der Waals surface area contributed by atoms with Gasteiger partial charge in [0.15, 0.2) is 0 Å². The van der Waals surface area contributed by atoms with Gasteiger partial charge in [0.1, 0.15) is 6.33 Å². The second kappa shape index (κ2) is 4.92. The lowest BCUT2D eigenvalue weighted by Gasteiger charge is -2.01. The molecule has 2 aromatic rings. The maximum atomic E-state index is 10.5. The van der Waals surface area contributed by atoms with Crippen molar-refractivity contribution in [2.45, 2.75) is 5.03 Å². The van der Waals surface area contributed by atoms with Gasteiger partial charge in [0.25, 0.3) is 5.69 Å². The number of hydrogen-bond acceptors (Lipinski definition) is 5. The van der Waals surface area contributed by atoms with E-state index in [1.165, 1.54) is 30.2 Å². The zero-order valence-electron chi connectivity index (χ0n) is 9.03. The van der Waals surface area contributed by atoms with Gasteiger partial charge in [0, 0.05) is 17.7 Å². The summed E-state index contributed by atoms with van der Waals surface area (Å²) in [4.78, 5) is 18.3. The largest absolute Gasteiger partial charge is 0.269 e. The molecule has 0 bridgehead atoms. The third kappa shape index (κ3) is 2.59. The highest BCUT2D eigenvalue weighted by molar-refractivity contribution is 7.98. The van der Waals surface area contributed by atoms with Crippen LogP contribution in [0.1, 0.15) is 0 Å². The number of nitro groups is 1. The molecule has 0 atom stereocenters. The molecule has 0 fully saturated rings. The Balaban J connectivity index is 2.36. The molecule has 1 heterocycles. The third-order valence-corrected chi connectivity index (χ3v) is 2.87. The van der Waals surface area contributed by atoms with Gasteiger partial charge in [0.05, 0.1) is 15.6 Å². The summed E-state index contributed by atoms with van der Waals surface area (Å²) < 4.78 is 0. The van der Waals surface area contributed by atoms with E-state index in [9.17, 15) is 10.1 Å². The van der Waals surface area contributed by atoms with Gasteiger partial charge in [-0.25, -0.2) is 9.97 Å². The van der Waals surface area contributed by atoms with Crippen molar-refractivity contribution >= 4 is 17.4 Å². The van der Waals surface area contributed by atoms with E-state index in [2.05, 4.69) is 9.97 Å². The van der Waals surface area contributed by atoms with E-state index in [4.69, 9.17) is 0 Å². The first-order chi connectivity index (χ1) is 8.20. The average molecular weight is 247 g/mol. The van der Waals surface area contributed by atoms with E-state index < -0.39 is 4.92 Å². The molecule has 0 unspecified atom stereocenters. The highest BCUT2D eigenvalue weighted by Crippen LogP contribution is 2.22. The summed E-state index contributed by atoms with van der Waals surface area (Å²) in [5.74, 6) is 0. The molecule has 0 aliphatic heterocycles. The fourth-order valence-electron chi connectivity index (χ4n) is 1.36. The second-order valence-electron chi connectivity index (χ2n) is 3.25. The number of nitro benzene ring substituents is 1. The first-order valence-electron chi connectivity index (χ1n) is 4.81. The number of aromatic nitrogens is 2. The Morgan fingerprint density at radius 1 is 1.24 bits per heavy atom. The first-order valence-corrected chi connectivity index (χ1v) is 6.04. The lowest BCUT2D eigenvalue weighted by Crippen LogP contribution is -1.89. The third-order valence-electron chi connectivity index (χ3n) is 2.23. The molecule has 5 nitrogen and oxygen atoms in total. The molecular weight excluding hydrogens is 238 g/mol. The zero-order chi connectivity index (χ0) is 12.3. The van der Waals surface area contributed by atoms with E-state index >= 15 is 0 Å². The number of thioether (sulfide) groups is 1. The van der Waals surface area contributed by atoms with Crippen LogP contribution in [0.3, 0.4) is 0 Å². The normalized spacial score (nSPS) is 10.2. The monoisotopic (exact) mass is 247 g/mol. The maximum absolute atomic E-state index is 10.5. The van der Waals surface area contributed by atoms with Gasteiger partial charge in [0.2, 0.25) is 0 Å². The minimum atomic E-state index is -0.420. The van der Waals surface area contributed by atoms with Crippen LogP contribution in [-0.2, 0) is 0 Å². The molecule has 0 aliphatic rings. The molecule has 6 heteroatoms. The van der Waals surface area contributed by atoms with Crippen LogP contribution in [0.5, 0.6) is 0 Å². The van der Waals surface area contributed by atoms with Crippen molar-refractivity contribution in [1.29, 1.82) is 0 Å². The summed E-state index contributed by atoms with van der Waals surface area (Å²) in [6, 6.07) is 8.16. The second-order valence-corrected chi connectivity index (χ2v) is 4.08. The van der Waals surface area contributed by atoms with Crippen LogP contribution in [0.15, 0.2) is 41.7 Å². The minimum absolute atomic E-state index is 0.0768. The summed E-state index contributed by atoms with van der Waals surface area (Å²) in [5.41, 5.74) is 1.68. The molecule has 1 aromatic carbocycles. The number of hydrogen-bond donors (Lipinski definition) is 0. The molecule has 0 aliphatic carbocycles. The lowest BCUT2D eigenvalue weighted by atomic mass is 10.1. The minimum Gasteiger partial charge on any atom is -0.258 e. The van der Waals surface area contributed by atoms with Crippen LogP contribution in [0.25, 0.3) is 11.3 Å². The fraction of sp³-hybridized carbons (Fsp3) is 0.0909. The Morgan fingerprint density at radius 3 is 2.53 bits per heavy atom. The van der Waals surface area contributed by atoms with E-state index in [0.717, 1.165) is 16.3 Å². The Hall–Kier alpha value is -1.95. The molecule has 86 valence electrons. The molecule has 0 spiro atoms. The van der Waals surface area contributed by atoms with Gasteiger partial charge >= 0.3 is 0 Å². The van der Waals surface area contributed by atoms with E-state index in [1.54, 1.807) is 12.1 Å². The Kier molecular flexibility index (Phi) is 3.34. The first kappa shape index (κ1) is 11.5. The van der Waals surface area contributed by atoms with E-state index in [-0.39, 0.29) is 5.69 Å². The van der Waals surface area contributed by atoms with Crippen molar-refractivity contribution in [3.8, 4) is 11.3 Å². The smallest absolute Gasteiger partial charge is 0.258 e. The number of benzene rings is 1. The molecule has 0 saturated heterocycles. The zero-order valence-corrected chi connectivity index (χ0v) is 9.85. The van der Waals surface area contributed by atoms with Crippen molar-refractivity contribution in [3.63, 3.8) is 0 Å². The van der Waals surface area contributed by atoms with Crippen molar-refractivity contribution in [2.75, 3.05) is 6.26 Å². The van der Waals surface area contributed by atoms with Crippen LogP contribution < -0.4 is 0 Å². The molecular formula is C11H9N3O2S. The van der Waals surface area contributed by atoms with Gasteiger partial charge in [-0.05, 0) is 24.5 Å².